The predicted molar refractivity (Wildman–Crippen MR) is 254 cm³/mol. The van der Waals surface area contributed by atoms with E-state index in [1.807, 2.05) is 72.8 Å². The second-order valence-electron chi connectivity index (χ2n) is 17.8. The monoisotopic (exact) mass is 982 g/mol. The van der Waals surface area contributed by atoms with Crippen LogP contribution in [0.2, 0.25) is 0 Å². The molecule has 0 aromatic heterocycles. The number of benzene rings is 4. The molecule has 343 valence electrons. The van der Waals surface area contributed by atoms with Crippen molar-refractivity contribution >= 4 is 0 Å². The summed E-state index contributed by atoms with van der Waals surface area (Å²) in [6.07, 6.45) is 7.67. The fourth-order valence-corrected chi connectivity index (χ4v) is 6.51. The molecule has 3 heterocycles. The Kier molecular flexibility index (Phi) is 33.5. The molecule has 0 N–H and O–H groups in total. The molecule has 0 amide bonds. The second kappa shape index (κ2) is 34.9. The molecule has 0 atom stereocenters. The van der Waals surface area contributed by atoms with Crippen molar-refractivity contribution in [1.29, 1.82) is 0 Å². The van der Waals surface area contributed by atoms with Crippen molar-refractivity contribution < 1.29 is 70.4 Å². The smallest absolute Gasteiger partial charge is 0.872 e. The van der Waals surface area contributed by atoms with Gasteiger partial charge in [-0.2, -0.15) is 0 Å². The molecule has 0 saturated carbocycles. The zero-order valence-corrected chi connectivity index (χ0v) is 44.2. The van der Waals surface area contributed by atoms with Crippen LogP contribution in [0.4, 0.5) is 0 Å². The fourth-order valence-electron chi connectivity index (χ4n) is 6.51. The van der Waals surface area contributed by atoms with E-state index in [9.17, 15) is 15.3 Å². The van der Waals surface area contributed by atoms with E-state index < -0.39 is 0 Å². The summed E-state index contributed by atoms with van der Waals surface area (Å²) in [4.78, 5) is 0. The van der Waals surface area contributed by atoms with Crippen LogP contribution in [0, 0.1) is 47.8 Å². The Bertz CT molecular complexity index is 1420. The Morgan fingerprint density at radius 1 is 0.323 bits per heavy atom. The van der Waals surface area contributed by atoms with Crippen LogP contribution in [0.25, 0.3) is 0 Å². The van der Waals surface area contributed by atoms with Gasteiger partial charge in [-0.25, -0.2) is 0 Å². The van der Waals surface area contributed by atoms with E-state index in [2.05, 4.69) is 102 Å². The number of ether oxygens (including phenoxy) is 3. The number of hydrogen-bond acceptors (Lipinski definition) is 6. The zero-order chi connectivity index (χ0) is 45.7. The van der Waals surface area contributed by atoms with Crippen molar-refractivity contribution in [3.05, 3.63) is 124 Å². The fraction of sp³-hybridized carbons (Fsp3) is 0.564. The number of aryl methyl sites for hydroxylation is 1. The molecule has 0 spiro atoms. The standard InChI is InChI=1S/3C12H18O.C7H8.3C4H8O.Nd/c3*1-8(2)10-6-5-7-11(9(3)4)12(10)13;1-7-5-3-2-4-6-7;3*1-2-4-5-3-1;/h3*5-9,13H,1-4H3;2-6H,1H3;3*1-4H2;/q;;;;;;;+3/p-3. The largest absolute Gasteiger partial charge is 3.00 e. The first-order chi connectivity index (χ1) is 29.0. The summed E-state index contributed by atoms with van der Waals surface area (Å²) < 4.78 is 14.8. The summed E-state index contributed by atoms with van der Waals surface area (Å²) in [6, 6.07) is 27.8. The molecule has 3 aliphatic rings. The molecule has 6 nitrogen and oxygen atoms in total. The van der Waals surface area contributed by atoms with Crippen molar-refractivity contribution in [1.82, 2.24) is 0 Å². The number of hydrogen-bond donors (Lipinski definition) is 0. The third-order valence-corrected chi connectivity index (χ3v) is 10.4. The zero-order valence-electron chi connectivity index (χ0n) is 41.0. The van der Waals surface area contributed by atoms with Crippen LogP contribution in [-0.4, -0.2) is 39.6 Å². The first-order valence-corrected chi connectivity index (χ1v) is 23.1. The molecule has 3 saturated heterocycles. The Balaban J connectivity index is 0.000000724. The molecule has 3 fully saturated rings. The maximum atomic E-state index is 11.9. The van der Waals surface area contributed by atoms with Gasteiger partial charge >= 0.3 is 40.8 Å². The minimum atomic E-state index is 0. The average molecular weight is 985 g/mol. The average Bonchev–Trinajstić information content (AvgIpc) is 4.07. The van der Waals surface area contributed by atoms with Gasteiger partial charge in [0.2, 0.25) is 0 Å². The maximum absolute atomic E-state index is 11.9. The summed E-state index contributed by atoms with van der Waals surface area (Å²) in [5.74, 6) is 2.64. The molecule has 4 aromatic rings. The topological polar surface area (TPSA) is 96.9 Å². The minimum absolute atomic E-state index is 0. The predicted octanol–water partition coefficient (Wildman–Crippen LogP) is 13.4. The van der Waals surface area contributed by atoms with Crippen molar-refractivity contribution in [3.8, 4) is 17.2 Å². The number of rotatable bonds is 6. The Morgan fingerprint density at radius 2 is 0.516 bits per heavy atom. The Morgan fingerprint density at radius 3 is 0.629 bits per heavy atom. The van der Waals surface area contributed by atoms with Crippen LogP contribution in [0.3, 0.4) is 0 Å². The van der Waals surface area contributed by atoms with Crippen molar-refractivity contribution in [2.45, 2.75) is 164 Å². The molecule has 7 rings (SSSR count). The third-order valence-electron chi connectivity index (χ3n) is 10.4. The van der Waals surface area contributed by atoms with Crippen LogP contribution in [0.1, 0.15) is 196 Å². The van der Waals surface area contributed by atoms with E-state index >= 15 is 0 Å². The van der Waals surface area contributed by atoms with E-state index in [4.69, 9.17) is 14.2 Å². The molecule has 7 heteroatoms. The molecule has 62 heavy (non-hydrogen) atoms. The molecular formula is C55H83NdO6. The van der Waals surface area contributed by atoms with Crippen molar-refractivity contribution in [3.63, 3.8) is 0 Å². The molecule has 0 bridgehead atoms. The van der Waals surface area contributed by atoms with Gasteiger partial charge in [-0.3, -0.25) is 0 Å². The normalized spacial score (nSPS) is 13.9. The van der Waals surface area contributed by atoms with Gasteiger partial charge in [-0.05, 0) is 81.0 Å². The third kappa shape index (κ3) is 24.5. The van der Waals surface area contributed by atoms with Gasteiger partial charge in [-0.1, -0.05) is 207 Å². The first-order valence-electron chi connectivity index (χ1n) is 23.1. The summed E-state index contributed by atoms with van der Waals surface area (Å²) in [6.45, 7) is 32.8. The summed E-state index contributed by atoms with van der Waals surface area (Å²) >= 11 is 0. The molecule has 1 radical (unpaired) electrons. The van der Waals surface area contributed by atoms with E-state index in [0.29, 0.717) is 35.5 Å². The van der Waals surface area contributed by atoms with Gasteiger partial charge in [0.15, 0.2) is 0 Å². The Hall–Kier alpha value is -2.49. The van der Waals surface area contributed by atoms with Gasteiger partial charge in [0.1, 0.15) is 0 Å². The van der Waals surface area contributed by atoms with Crippen molar-refractivity contribution in [2.75, 3.05) is 39.6 Å². The van der Waals surface area contributed by atoms with Crippen LogP contribution in [0.15, 0.2) is 84.9 Å². The first kappa shape index (κ1) is 59.5. The summed E-state index contributed by atoms with van der Waals surface area (Å²) in [5.41, 5.74) is 6.94. The van der Waals surface area contributed by atoms with Crippen LogP contribution in [-0.2, 0) is 14.2 Å². The second-order valence-corrected chi connectivity index (χ2v) is 17.8. The van der Waals surface area contributed by atoms with Crippen LogP contribution >= 0.6 is 0 Å². The molecule has 0 aliphatic carbocycles. The minimum Gasteiger partial charge on any atom is -0.872 e. The van der Waals surface area contributed by atoms with Gasteiger partial charge < -0.3 is 29.5 Å². The van der Waals surface area contributed by atoms with E-state index in [0.717, 1.165) is 73.0 Å². The van der Waals surface area contributed by atoms with Gasteiger partial charge in [0, 0.05) is 39.6 Å². The van der Waals surface area contributed by atoms with E-state index in [-0.39, 0.29) is 58.1 Å². The maximum Gasteiger partial charge on any atom is 3.00 e. The molecular weight excluding hydrogens is 901 g/mol. The van der Waals surface area contributed by atoms with Gasteiger partial charge in [0.25, 0.3) is 0 Å². The molecule has 4 aromatic carbocycles. The van der Waals surface area contributed by atoms with Gasteiger partial charge in [0.05, 0.1) is 0 Å². The quantitative estimate of drug-likeness (QED) is 0.191. The summed E-state index contributed by atoms with van der Waals surface area (Å²) in [7, 11) is 0. The van der Waals surface area contributed by atoms with Gasteiger partial charge in [-0.15, -0.1) is 17.2 Å². The van der Waals surface area contributed by atoms with E-state index in [1.165, 1.54) is 44.1 Å². The molecule has 3 aliphatic heterocycles. The molecule has 0 unspecified atom stereocenters. The van der Waals surface area contributed by atoms with E-state index in [1.54, 1.807) is 0 Å². The van der Waals surface area contributed by atoms with Crippen LogP contribution in [0.5, 0.6) is 17.2 Å². The Labute approximate surface area is 412 Å². The van der Waals surface area contributed by atoms with Crippen molar-refractivity contribution in [2.24, 2.45) is 0 Å². The number of para-hydroxylation sites is 3. The SMILES string of the molecule is C1CCOC1.C1CCOC1.C1CCOC1.CC(C)c1cccc(C(C)C)c1[O-].CC(C)c1cccc(C(C)C)c1[O-].CC(C)c1cccc(C(C)C)c1[O-].Cc1ccccc1.[Nd+3]. The van der Waals surface area contributed by atoms with Crippen LogP contribution < -0.4 is 15.3 Å². The summed E-state index contributed by atoms with van der Waals surface area (Å²) in [5, 5.41) is 35.6.